The minimum Gasteiger partial charge on any atom is -0.460 e. The predicted octanol–water partition coefficient (Wildman–Crippen LogP) is 2.10. The number of amides is 1. The van der Waals surface area contributed by atoms with Crippen molar-refractivity contribution >= 4 is 32.9 Å². The Bertz CT molecular complexity index is 1240. The Morgan fingerprint density at radius 3 is 2.52 bits per heavy atom. The fourth-order valence-corrected chi connectivity index (χ4v) is 4.27. The van der Waals surface area contributed by atoms with Crippen LogP contribution in [0.15, 0.2) is 53.4 Å². The van der Waals surface area contributed by atoms with Crippen LogP contribution in [0.4, 0.5) is 0 Å². The van der Waals surface area contributed by atoms with Gasteiger partial charge in [0.05, 0.1) is 15.9 Å². The molecular weight excluding hydrogens is 444 g/mol. The monoisotopic (exact) mass is 472 g/mol. The van der Waals surface area contributed by atoms with Crippen LogP contribution in [-0.2, 0) is 43.9 Å². The maximum Gasteiger partial charge on any atom is 0.325 e. The number of nitrogens with zero attached hydrogens (tertiary/aromatic N) is 3. The molecule has 0 bridgehead atoms. The first-order valence-electron chi connectivity index (χ1n) is 10.6. The van der Waals surface area contributed by atoms with Gasteiger partial charge in [-0.3, -0.25) is 9.59 Å². The van der Waals surface area contributed by atoms with Crippen molar-refractivity contribution in [2.24, 2.45) is 0 Å². The van der Waals surface area contributed by atoms with E-state index in [4.69, 9.17) is 4.74 Å². The van der Waals surface area contributed by atoms with Gasteiger partial charge in [0.2, 0.25) is 15.9 Å². The van der Waals surface area contributed by atoms with Gasteiger partial charge in [0.1, 0.15) is 19.0 Å². The summed E-state index contributed by atoms with van der Waals surface area (Å²) in [6.45, 7) is 2.53. The van der Waals surface area contributed by atoms with E-state index in [0.29, 0.717) is 24.3 Å². The van der Waals surface area contributed by atoms with Crippen LogP contribution in [0.1, 0.15) is 24.7 Å². The lowest BCUT2D eigenvalue weighted by molar-refractivity contribution is -0.145. The SMILES string of the molecule is CCn1c(CCC(=O)NCC(=O)OCc2ccccc2)nc2cc(S(=O)(=O)N(C)C)ccc21. The number of hydrogen-bond donors (Lipinski definition) is 1. The summed E-state index contributed by atoms with van der Waals surface area (Å²) in [6.07, 6.45) is 0.487. The molecular formula is C23H28N4O5S. The van der Waals surface area contributed by atoms with E-state index in [2.05, 4.69) is 10.3 Å². The Hall–Kier alpha value is -3.24. The van der Waals surface area contributed by atoms with Crippen molar-refractivity contribution in [2.75, 3.05) is 20.6 Å². The molecule has 10 heteroatoms. The number of carbonyl (C=O) groups excluding carboxylic acids is 2. The van der Waals surface area contributed by atoms with Gasteiger partial charge in [0.25, 0.3) is 0 Å². The largest absolute Gasteiger partial charge is 0.460 e. The Morgan fingerprint density at radius 1 is 1.12 bits per heavy atom. The van der Waals surface area contributed by atoms with Gasteiger partial charge >= 0.3 is 5.97 Å². The van der Waals surface area contributed by atoms with E-state index in [-0.39, 0.29) is 30.4 Å². The van der Waals surface area contributed by atoms with Gasteiger partial charge in [-0.15, -0.1) is 0 Å². The van der Waals surface area contributed by atoms with Gasteiger partial charge in [-0.25, -0.2) is 17.7 Å². The molecule has 0 atom stereocenters. The lowest BCUT2D eigenvalue weighted by Gasteiger charge is -2.11. The zero-order valence-electron chi connectivity index (χ0n) is 18.9. The molecule has 1 amide bonds. The molecule has 33 heavy (non-hydrogen) atoms. The highest BCUT2D eigenvalue weighted by Gasteiger charge is 2.20. The second-order valence-corrected chi connectivity index (χ2v) is 9.79. The second kappa shape index (κ2) is 10.6. The van der Waals surface area contributed by atoms with Gasteiger partial charge in [0.15, 0.2) is 0 Å². The molecule has 3 aromatic rings. The number of sulfonamides is 1. The topological polar surface area (TPSA) is 111 Å². The van der Waals surface area contributed by atoms with E-state index >= 15 is 0 Å². The lowest BCUT2D eigenvalue weighted by Crippen LogP contribution is -2.30. The summed E-state index contributed by atoms with van der Waals surface area (Å²) in [6, 6.07) is 14.1. The van der Waals surface area contributed by atoms with Gasteiger partial charge < -0.3 is 14.6 Å². The molecule has 0 spiro atoms. The Labute approximate surface area is 193 Å². The molecule has 1 N–H and O–H groups in total. The summed E-state index contributed by atoms with van der Waals surface area (Å²) in [4.78, 5) is 28.8. The summed E-state index contributed by atoms with van der Waals surface area (Å²) in [7, 11) is -0.611. The average molecular weight is 473 g/mol. The molecule has 0 saturated carbocycles. The highest BCUT2D eigenvalue weighted by atomic mass is 32.2. The lowest BCUT2D eigenvalue weighted by atomic mass is 10.2. The van der Waals surface area contributed by atoms with Crippen molar-refractivity contribution in [1.29, 1.82) is 0 Å². The van der Waals surface area contributed by atoms with Crippen molar-refractivity contribution in [3.05, 3.63) is 59.9 Å². The van der Waals surface area contributed by atoms with Gasteiger partial charge in [-0.05, 0) is 30.7 Å². The van der Waals surface area contributed by atoms with Crippen LogP contribution >= 0.6 is 0 Å². The third kappa shape index (κ3) is 5.96. The van der Waals surface area contributed by atoms with E-state index < -0.39 is 16.0 Å². The van der Waals surface area contributed by atoms with Crippen molar-refractivity contribution < 1.29 is 22.7 Å². The minimum absolute atomic E-state index is 0.137. The number of aryl methyl sites for hydroxylation is 2. The van der Waals surface area contributed by atoms with Crippen molar-refractivity contribution in [2.45, 2.75) is 37.8 Å². The van der Waals surface area contributed by atoms with Crippen LogP contribution in [-0.4, -0.2) is 54.8 Å². The van der Waals surface area contributed by atoms with E-state index in [0.717, 1.165) is 15.4 Å². The number of rotatable bonds is 10. The van der Waals surface area contributed by atoms with Crippen molar-refractivity contribution in [3.63, 3.8) is 0 Å². The molecule has 0 aliphatic carbocycles. The number of imidazole rings is 1. The second-order valence-electron chi connectivity index (χ2n) is 7.63. The van der Waals surface area contributed by atoms with Crippen molar-refractivity contribution in [1.82, 2.24) is 19.2 Å². The first-order chi connectivity index (χ1) is 15.7. The predicted molar refractivity (Wildman–Crippen MR) is 124 cm³/mol. The normalized spacial score (nSPS) is 11.6. The number of ether oxygens (including phenoxy) is 1. The minimum atomic E-state index is -3.57. The molecule has 0 aliphatic rings. The summed E-state index contributed by atoms with van der Waals surface area (Å²) in [5, 5.41) is 2.57. The zero-order valence-corrected chi connectivity index (χ0v) is 19.8. The van der Waals surface area contributed by atoms with Gasteiger partial charge in [0, 0.05) is 33.5 Å². The summed E-state index contributed by atoms with van der Waals surface area (Å²) in [5.74, 6) is -0.131. The fourth-order valence-electron chi connectivity index (χ4n) is 3.35. The first kappa shape index (κ1) is 24.4. The number of nitrogens with one attached hydrogen (secondary N) is 1. The molecule has 3 rings (SSSR count). The maximum atomic E-state index is 12.4. The zero-order chi connectivity index (χ0) is 24.0. The number of benzene rings is 2. The molecule has 9 nitrogen and oxygen atoms in total. The van der Waals surface area contributed by atoms with Crippen LogP contribution in [0.3, 0.4) is 0 Å². The molecule has 1 heterocycles. The molecule has 0 fully saturated rings. The van der Waals surface area contributed by atoms with E-state index in [1.54, 1.807) is 18.2 Å². The maximum absolute atomic E-state index is 12.4. The first-order valence-corrected chi connectivity index (χ1v) is 12.0. The molecule has 0 radical (unpaired) electrons. The van der Waals surface area contributed by atoms with Gasteiger partial charge in [-0.2, -0.15) is 0 Å². The van der Waals surface area contributed by atoms with Gasteiger partial charge in [-0.1, -0.05) is 30.3 Å². The summed E-state index contributed by atoms with van der Waals surface area (Å²) in [5.41, 5.74) is 2.23. The molecule has 0 unspecified atom stereocenters. The number of esters is 1. The van der Waals surface area contributed by atoms with E-state index in [1.165, 1.54) is 14.1 Å². The highest BCUT2D eigenvalue weighted by molar-refractivity contribution is 7.89. The van der Waals surface area contributed by atoms with E-state index in [1.807, 2.05) is 41.8 Å². The number of carbonyl (C=O) groups is 2. The quantitative estimate of drug-likeness (QED) is 0.453. The average Bonchev–Trinajstić information content (AvgIpc) is 3.17. The molecule has 1 aromatic heterocycles. The Balaban J connectivity index is 1.58. The highest BCUT2D eigenvalue weighted by Crippen LogP contribution is 2.22. The summed E-state index contributed by atoms with van der Waals surface area (Å²) >= 11 is 0. The number of aromatic nitrogens is 2. The number of fused-ring (bicyclic) bond motifs is 1. The number of hydrogen-bond acceptors (Lipinski definition) is 6. The van der Waals surface area contributed by atoms with Crippen molar-refractivity contribution in [3.8, 4) is 0 Å². The van der Waals surface area contributed by atoms with Crippen LogP contribution in [0.25, 0.3) is 11.0 Å². The molecule has 0 aliphatic heterocycles. The van der Waals surface area contributed by atoms with E-state index in [9.17, 15) is 18.0 Å². The molecule has 2 aromatic carbocycles. The Kier molecular flexibility index (Phi) is 7.83. The summed E-state index contributed by atoms with van der Waals surface area (Å²) < 4.78 is 33.1. The molecule has 176 valence electrons. The third-order valence-electron chi connectivity index (χ3n) is 5.14. The smallest absolute Gasteiger partial charge is 0.325 e. The van der Waals surface area contributed by atoms with Crippen LogP contribution in [0.5, 0.6) is 0 Å². The third-order valence-corrected chi connectivity index (χ3v) is 6.95. The fraction of sp³-hybridized carbons (Fsp3) is 0.348. The van der Waals surface area contributed by atoms with Crippen LogP contribution in [0, 0.1) is 0 Å². The Morgan fingerprint density at radius 2 is 1.85 bits per heavy atom. The standard InChI is InChI=1S/C23H28N4O5S/c1-4-27-20-11-10-18(33(30,31)26(2)3)14-19(20)25-21(27)12-13-22(28)24-15-23(29)32-16-17-8-6-5-7-9-17/h5-11,14H,4,12-13,15-16H2,1-3H3,(H,24,28). The van der Waals surface area contributed by atoms with Crippen LogP contribution < -0.4 is 5.32 Å². The van der Waals surface area contributed by atoms with Crippen LogP contribution in [0.2, 0.25) is 0 Å². The molecule has 0 saturated heterocycles.